The lowest BCUT2D eigenvalue weighted by Gasteiger charge is -2.17. The first-order valence-electron chi connectivity index (χ1n) is 10.5. The van der Waals surface area contributed by atoms with Crippen molar-refractivity contribution in [2.75, 3.05) is 7.05 Å². The molecule has 0 N–H and O–H groups in total. The molecule has 0 bridgehead atoms. The van der Waals surface area contributed by atoms with Gasteiger partial charge < -0.3 is 4.90 Å². The number of amides is 1. The van der Waals surface area contributed by atoms with E-state index >= 15 is 0 Å². The Morgan fingerprint density at radius 3 is 2.47 bits per heavy atom. The minimum Gasteiger partial charge on any atom is -0.337 e. The highest BCUT2D eigenvalue weighted by molar-refractivity contribution is 5.99. The van der Waals surface area contributed by atoms with Crippen LogP contribution in [0.2, 0.25) is 0 Å². The summed E-state index contributed by atoms with van der Waals surface area (Å²) < 4.78 is 1.75. The van der Waals surface area contributed by atoms with Crippen molar-refractivity contribution in [1.29, 1.82) is 0 Å². The smallest absolute Gasteiger partial charge is 0.257 e. The molecular weight excluding hydrogens is 396 g/mol. The fourth-order valence-electron chi connectivity index (χ4n) is 3.85. The molecule has 32 heavy (non-hydrogen) atoms. The van der Waals surface area contributed by atoms with Crippen LogP contribution in [-0.2, 0) is 6.54 Å². The molecule has 0 fully saturated rings. The molecular formula is C27H22N4O. The van der Waals surface area contributed by atoms with Crippen LogP contribution in [-0.4, -0.2) is 32.6 Å². The number of para-hydroxylation sites is 1. The summed E-state index contributed by atoms with van der Waals surface area (Å²) in [4.78, 5) is 19.4. The molecule has 5 rings (SSSR count). The van der Waals surface area contributed by atoms with Crippen LogP contribution in [0.15, 0.2) is 104 Å². The maximum Gasteiger partial charge on any atom is 0.257 e. The molecule has 2 heterocycles. The highest BCUT2D eigenvalue weighted by Gasteiger charge is 2.22. The van der Waals surface area contributed by atoms with E-state index in [0.29, 0.717) is 17.8 Å². The highest BCUT2D eigenvalue weighted by Crippen LogP contribution is 2.25. The Hall–Kier alpha value is -4.25. The van der Waals surface area contributed by atoms with E-state index in [1.807, 2.05) is 61.6 Å². The summed E-state index contributed by atoms with van der Waals surface area (Å²) in [5, 5.41) is 7.09. The fourth-order valence-corrected chi connectivity index (χ4v) is 3.85. The van der Waals surface area contributed by atoms with Crippen molar-refractivity contribution < 1.29 is 4.79 Å². The number of benzene rings is 3. The van der Waals surface area contributed by atoms with Crippen molar-refractivity contribution in [3.8, 4) is 16.9 Å². The van der Waals surface area contributed by atoms with Crippen LogP contribution in [0.25, 0.3) is 27.7 Å². The zero-order valence-electron chi connectivity index (χ0n) is 17.7. The predicted molar refractivity (Wildman–Crippen MR) is 127 cm³/mol. The van der Waals surface area contributed by atoms with Crippen LogP contribution in [0.4, 0.5) is 0 Å². The number of fused-ring (bicyclic) bond motifs is 1. The van der Waals surface area contributed by atoms with Gasteiger partial charge in [-0.3, -0.25) is 9.78 Å². The average molecular weight is 419 g/mol. The van der Waals surface area contributed by atoms with Gasteiger partial charge in [-0.1, -0.05) is 54.6 Å². The van der Waals surface area contributed by atoms with Crippen molar-refractivity contribution in [1.82, 2.24) is 19.7 Å². The second kappa shape index (κ2) is 8.47. The Balaban J connectivity index is 1.49. The largest absolute Gasteiger partial charge is 0.337 e. The van der Waals surface area contributed by atoms with E-state index < -0.39 is 0 Å². The second-order valence-electron chi connectivity index (χ2n) is 7.76. The number of aromatic nitrogens is 3. The van der Waals surface area contributed by atoms with Gasteiger partial charge in [0.25, 0.3) is 5.91 Å². The predicted octanol–water partition coefficient (Wildman–Crippen LogP) is 5.36. The van der Waals surface area contributed by atoms with Gasteiger partial charge in [0.15, 0.2) is 0 Å². The lowest BCUT2D eigenvalue weighted by atomic mass is 10.1. The van der Waals surface area contributed by atoms with Gasteiger partial charge in [0, 0.05) is 37.7 Å². The Labute approximate surface area is 186 Å². The molecule has 156 valence electrons. The van der Waals surface area contributed by atoms with Gasteiger partial charge in [0.1, 0.15) is 5.69 Å². The summed E-state index contributed by atoms with van der Waals surface area (Å²) in [6.07, 6.45) is 5.25. The van der Waals surface area contributed by atoms with E-state index in [2.05, 4.69) is 35.3 Å². The van der Waals surface area contributed by atoms with Crippen LogP contribution < -0.4 is 0 Å². The molecule has 0 aliphatic heterocycles. The molecule has 5 aromatic rings. The molecule has 0 saturated carbocycles. The van der Waals surface area contributed by atoms with Crippen molar-refractivity contribution in [2.45, 2.75) is 6.54 Å². The van der Waals surface area contributed by atoms with Gasteiger partial charge in [-0.25, -0.2) is 4.68 Å². The van der Waals surface area contributed by atoms with Crippen molar-refractivity contribution >= 4 is 16.7 Å². The van der Waals surface area contributed by atoms with Crippen LogP contribution in [0.1, 0.15) is 15.9 Å². The molecule has 5 heteroatoms. The van der Waals surface area contributed by atoms with E-state index in [0.717, 1.165) is 16.8 Å². The summed E-state index contributed by atoms with van der Waals surface area (Å²) in [7, 11) is 1.82. The number of pyridine rings is 1. The van der Waals surface area contributed by atoms with Gasteiger partial charge in [-0.15, -0.1) is 0 Å². The number of hydrogen-bond donors (Lipinski definition) is 0. The number of hydrogen-bond acceptors (Lipinski definition) is 3. The molecule has 2 aromatic heterocycles. The minimum atomic E-state index is -0.0841. The number of nitrogens with zero attached hydrogens (tertiary/aromatic N) is 4. The van der Waals surface area contributed by atoms with Crippen LogP contribution in [0.5, 0.6) is 0 Å². The quantitative estimate of drug-likeness (QED) is 0.386. The Morgan fingerprint density at radius 1 is 0.906 bits per heavy atom. The zero-order valence-corrected chi connectivity index (χ0v) is 17.7. The fraction of sp³-hybridized carbons (Fsp3) is 0.0741. The average Bonchev–Trinajstić information content (AvgIpc) is 3.30. The summed E-state index contributed by atoms with van der Waals surface area (Å²) >= 11 is 0. The minimum absolute atomic E-state index is 0.0841. The monoisotopic (exact) mass is 418 g/mol. The molecule has 3 aromatic carbocycles. The van der Waals surface area contributed by atoms with Gasteiger partial charge in [0.05, 0.1) is 11.3 Å². The molecule has 0 spiro atoms. The standard InChI is InChI=1S/C27H22N4O/c1-30(18-20-13-14-21-8-5-6-9-22(21)16-20)27(32)25-19-31(24-11-3-2-4-12-24)29-26(25)23-10-7-15-28-17-23/h2-17,19H,18H2,1H3. The van der Waals surface area contributed by atoms with Crippen molar-refractivity contribution in [2.24, 2.45) is 0 Å². The third-order valence-corrected chi connectivity index (χ3v) is 5.48. The number of rotatable bonds is 5. The Bertz CT molecular complexity index is 1380. The normalized spacial score (nSPS) is 10.9. The Morgan fingerprint density at radius 2 is 1.69 bits per heavy atom. The van der Waals surface area contributed by atoms with Gasteiger partial charge in [-0.2, -0.15) is 5.10 Å². The highest BCUT2D eigenvalue weighted by atomic mass is 16.2. The Kier molecular flexibility index (Phi) is 5.22. The maximum atomic E-state index is 13.5. The van der Waals surface area contributed by atoms with E-state index in [4.69, 9.17) is 5.10 Å². The SMILES string of the molecule is CN(Cc1ccc2ccccc2c1)C(=O)c1cn(-c2ccccc2)nc1-c1cccnc1. The van der Waals surface area contributed by atoms with Gasteiger partial charge in [-0.05, 0) is 46.7 Å². The molecule has 0 saturated heterocycles. The summed E-state index contributed by atoms with van der Waals surface area (Å²) in [6.45, 7) is 0.507. The lowest BCUT2D eigenvalue weighted by Crippen LogP contribution is -2.26. The van der Waals surface area contributed by atoms with Gasteiger partial charge in [0.2, 0.25) is 0 Å². The van der Waals surface area contributed by atoms with Gasteiger partial charge >= 0.3 is 0 Å². The summed E-state index contributed by atoms with van der Waals surface area (Å²) in [5.74, 6) is -0.0841. The van der Waals surface area contributed by atoms with E-state index in [1.54, 1.807) is 28.2 Å². The molecule has 0 aliphatic carbocycles. The van der Waals surface area contributed by atoms with Crippen molar-refractivity contribution in [3.05, 3.63) is 115 Å². The third-order valence-electron chi connectivity index (χ3n) is 5.48. The topological polar surface area (TPSA) is 51.0 Å². The zero-order chi connectivity index (χ0) is 21.9. The van der Waals surface area contributed by atoms with Crippen LogP contribution >= 0.6 is 0 Å². The van der Waals surface area contributed by atoms with Crippen LogP contribution in [0.3, 0.4) is 0 Å². The summed E-state index contributed by atoms with van der Waals surface area (Å²) in [6, 6.07) is 28.1. The molecule has 5 nitrogen and oxygen atoms in total. The number of carbonyl (C=O) groups excluding carboxylic acids is 1. The molecule has 0 aliphatic rings. The maximum absolute atomic E-state index is 13.5. The molecule has 0 unspecified atom stereocenters. The second-order valence-corrected chi connectivity index (χ2v) is 7.76. The third kappa shape index (κ3) is 3.88. The van der Waals surface area contributed by atoms with E-state index in [1.165, 1.54) is 10.8 Å². The first-order valence-corrected chi connectivity index (χ1v) is 10.5. The summed E-state index contributed by atoms with van der Waals surface area (Å²) in [5.41, 5.74) is 3.96. The lowest BCUT2D eigenvalue weighted by molar-refractivity contribution is 0.0786. The van der Waals surface area contributed by atoms with Crippen molar-refractivity contribution in [3.63, 3.8) is 0 Å². The first kappa shape index (κ1) is 19.7. The van der Waals surface area contributed by atoms with E-state index in [9.17, 15) is 4.79 Å². The number of carbonyl (C=O) groups is 1. The molecule has 1 amide bonds. The first-order chi connectivity index (χ1) is 15.7. The van der Waals surface area contributed by atoms with E-state index in [-0.39, 0.29) is 5.91 Å². The van der Waals surface area contributed by atoms with Crippen LogP contribution in [0, 0.1) is 0 Å². The molecule has 0 radical (unpaired) electrons. The molecule has 0 atom stereocenters.